The summed E-state index contributed by atoms with van der Waals surface area (Å²) in [5, 5.41) is 10.5. The Balaban J connectivity index is 0.000000143. The number of methoxy groups -OCH3 is 4. The van der Waals surface area contributed by atoms with Crippen molar-refractivity contribution in [2.24, 2.45) is 0 Å². The van der Waals surface area contributed by atoms with E-state index in [1.807, 2.05) is 94.7 Å². The number of nitrogens with one attached hydrogen (secondary N) is 3. The maximum absolute atomic E-state index is 13.3. The molecule has 9 aliphatic heterocycles. The van der Waals surface area contributed by atoms with Crippen LogP contribution >= 0.6 is 0 Å². The molecule has 25 heteroatoms. The fourth-order valence-electron chi connectivity index (χ4n) is 19.4. The van der Waals surface area contributed by atoms with Gasteiger partial charge in [0.1, 0.15) is 41.5 Å². The Morgan fingerprint density at radius 3 is 1.33 bits per heavy atom. The fraction of sp³-hybridized carbons (Fsp3) is 0.448. The van der Waals surface area contributed by atoms with Gasteiger partial charge >= 0.3 is 0 Å². The van der Waals surface area contributed by atoms with Crippen LogP contribution in [0.15, 0.2) is 212 Å². The van der Waals surface area contributed by atoms with Gasteiger partial charge in [-0.1, -0.05) is 115 Å². The lowest BCUT2D eigenvalue weighted by Crippen LogP contribution is -2.54. The molecule has 0 bridgehead atoms. The summed E-state index contributed by atoms with van der Waals surface area (Å²) in [6.07, 6.45) is 7.75. The minimum atomic E-state index is -0.0420. The van der Waals surface area contributed by atoms with Crippen LogP contribution in [0.1, 0.15) is 135 Å². The van der Waals surface area contributed by atoms with Crippen molar-refractivity contribution in [3.63, 3.8) is 0 Å². The summed E-state index contributed by atoms with van der Waals surface area (Å²) >= 11 is 0. The van der Waals surface area contributed by atoms with E-state index in [0.717, 1.165) is 230 Å². The Hall–Kier alpha value is -11.1. The first-order valence-corrected chi connectivity index (χ1v) is 46.8. The van der Waals surface area contributed by atoms with Crippen molar-refractivity contribution in [3.05, 3.63) is 262 Å². The molecule has 9 aromatic rings. The Morgan fingerprint density at radius 1 is 0.408 bits per heavy atom. The minimum Gasteiger partial charge on any atom is -0.495 e. The molecule has 25 nitrogen and oxygen atoms in total. The monoisotopic (exact) mass is 1770 g/mol. The van der Waals surface area contributed by atoms with E-state index in [0.29, 0.717) is 71.0 Å². The van der Waals surface area contributed by atoms with Crippen molar-refractivity contribution in [1.29, 1.82) is 0 Å². The number of benzene rings is 9. The molecule has 18 rings (SSSR count). The van der Waals surface area contributed by atoms with E-state index in [-0.39, 0.29) is 73.1 Å². The summed E-state index contributed by atoms with van der Waals surface area (Å²) in [6, 6.07) is 72.5. The van der Waals surface area contributed by atoms with E-state index < -0.39 is 0 Å². The maximum Gasteiger partial charge on any atom is 0.265 e. The molecule has 0 saturated carbocycles. The highest BCUT2D eigenvalue weighted by Crippen LogP contribution is 2.41. The van der Waals surface area contributed by atoms with Crippen molar-refractivity contribution in [2.45, 2.75) is 119 Å². The first-order valence-electron chi connectivity index (χ1n) is 46.8. The molecule has 0 aromatic heterocycles. The van der Waals surface area contributed by atoms with Gasteiger partial charge in [-0.05, 0) is 213 Å². The number of hydrogen-bond acceptors (Lipinski definition) is 21. The second-order valence-electron chi connectivity index (χ2n) is 35.0. The molecule has 4 amide bonds. The average Bonchev–Trinajstić information content (AvgIpc) is 0.800. The smallest absolute Gasteiger partial charge is 0.265 e. The number of para-hydroxylation sites is 3. The number of carbonyl (C=O) groups is 4. The van der Waals surface area contributed by atoms with E-state index in [4.69, 9.17) is 52.1 Å². The lowest BCUT2D eigenvalue weighted by molar-refractivity contribution is -0.122. The number of carbonyl (C=O) groups excluding carboxylic acids is 4. The lowest BCUT2D eigenvalue weighted by atomic mass is 9.87. The van der Waals surface area contributed by atoms with Gasteiger partial charge in [0.15, 0.2) is 13.2 Å². The largest absolute Gasteiger partial charge is 0.495 e. The van der Waals surface area contributed by atoms with Crippen LogP contribution in [-0.2, 0) is 57.8 Å². The van der Waals surface area contributed by atoms with Crippen LogP contribution in [0.3, 0.4) is 0 Å². The van der Waals surface area contributed by atoms with Crippen LogP contribution in [0.4, 0.5) is 28.4 Å². The van der Waals surface area contributed by atoms with E-state index in [1.165, 1.54) is 33.5 Å². The molecule has 9 aliphatic rings. The maximum atomic E-state index is 13.3. The number of nitrogens with zero attached hydrogens (tertiary/aromatic N) is 7. The summed E-state index contributed by atoms with van der Waals surface area (Å²) in [5.74, 6) is 5.67. The highest BCUT2D eigenvalue weighted by molar-refractivity contribution is 5.99. The van der Waals surface area contributed by atoms with Crippen molar-refractivity contribution in [1.82, 2.24) is 25.8 Å². The molecule has 6 saturated heterocycles. The van der Waals surface area contributed by atoms with Crippen LogP contribution in [0.2, 0.25) is 0 Å². The van der Waals surface area contributed by atoms with Gasteiger partial charge < -0.3 is 102 Å². The van der Waals surface area contributed by atoms with Crippen LogP contribution < -0.4 is 64.1 Å². The Kier molecular flexibility index (Phi) is 32.7. The van der Waals surface area contributed by atoms with Gasteiger partial charge in [0, 0.05) is 154 Å². The van der Waals surface area contributed by atoms with Crippen LogP contribution in [0.25, 0.3) is 0 Å². The number of amides is 4. The first kappa shape index (κ1) is 92.2. The normalized spacial score (nSPS) is 20.5. The fourth-order valence-corrected chi connectivity index (χ4v) is 19.4. The molecule has 6 fully saturated rings. The second kappa shape index (κ2) is 46.1. The number of ether oxygens (including phenoxy) is 11. The van der Waals surface area contributed by atoms with Gasteiger partial charge in [0.25, 0.3) is 23.6 Å². The molecule has 6 atom stereocenters. The van der Waals surface area contributed by atoms with Crippen molar-refractivity contribution >= 4 is 52.1 Å². The Labute approximate surface area is 765 Å². The molecule has 0 spiro atoms. The molecule has 9 heterocycles. The predicted octanol–water partition coefficient (Wildman–Crippen LogP) is 14.1. The predicted molar refractivity (Wildman–Crippen MR) is 506 cm³/mol. The van der Waals surface area contributed by atoms with Gasteiger partial charge in [-0.2, -0.15) is 0 Å². The van der Waals surface area contributed by atoms with Crippen LogP contribution in [-0.4, -0.2) is 244 Å². The van der Waals surface area contributed by atoms with Crippen molar-refractivity contribution < 1.29 is 71.3 Å². The zero-order valence-corrected chi connectivity index (χ0v) is 75.8. The number of likely N-dealkylation sites (tertiary alicyclic amines) is 1. The molecular weight excluding hydrogens is 1640 g/mol. The van der Waals surface area contributed by atoms with Crippen LogP contribution in [0, 0.1) is 0 Å². The number of piperidine rings is 4. The topological polar surface area (TPSA) is 229 Å². The molecule has 130 heavy (non-hydrogen) atoms. The molecular formula is C105H128N10O15. The summed E-state index contributed by atoms with van der Waals surface area (Å²) in [7, 11) is 6.81. The Bertz CT molecular complexity index is 4900. The molecule has 0 aliphatic carbocycles. The summed E-state index contributed by atoms with van der Waals surface area (Å²) in [6.45, 7) is 18.9. The summed E-state index contributed by atoms with van der Waals surface area (Å²) < 4.78 is 64.3. The second-order valence-corrected chi connectivity index (χ2v) is 35.0. The van der Waals surface area contributed by atoms with Crippen LogP contribution in [0.5, 0.6) is 28.7 Å². The minimum absolute atomic E-state index is 0.00552. The number of rotatable bonds is 32. The third-order valence-electron chi connectivity index (χ3n) is 26.6. The van der Waals surface area contributed by atoms with Gasteiger partial charge in [0.05, 0.1) is 87.6 Å². The summed E-state index contributed by atoms with van der Waals surface area (Å²) in [4.78, 5) is 66.4. The molecule has 0 radical (unpaired) electrons. The van der Waals surface area contributed by atoms with Gasteiger partial charge in [0.2, 0.25) is 0 Å². The first-order chi connectivity index (χ1) is 63.9. The molecule has 9 aromatic carbocycles. The number of hydrogen-bond donors (Lipinski definition) is 3. The zero-order chi connectivity index (χ0) is 89.3. The lowest BCUT2D eigenvalue weighted by Gasteiger charge is -2.41. The Morgan fingerprint density at radius 2 is 0.846 bits per heavy atom. The van der Waals surface area contributed by atoms with Gasteiger partial charge in [-0.3, -0.25) is 19.2 Å². The highest BCUT2D eigenvalue weighted by Gasteiger charge is 2.36. The van der Waals surface area contributed by atoms with Crippen molar-refractivity contribution in [2.75, 3.05) is 210 Å². The number of fused-ring (bicyclic) bond motifs is 3. The van der Waals surface area contributed by atoms with E-state index in [2.05, 4.69) is 158 Å². The van der Waals surface area contributed by atoms with Gasteiger partial charge in [-0.15, -0.1) is 0 Å². The third-order valence-corrected chi connectivity index (χ3v) is 26.6. The average molecular weight is 1770 g/mol. The molecule has 3 N–H and O–H groups in total. The van der Waals surface area contributed by atoms with E-state index >= 15 is 0 Å². The molecule has 688 valence electrons. The number of anilines is 5. The van der Waals surface area contributed by atoms with E-state index in [1.54, 1.807) is 38.2 Å². The quantitative estimate of drug-likeness (QED) is 0.0333. The third kappa shape index (κ3) is 23.6. The zero-order valence-electron chi connectivity index (χ0n) is 75.8. The standard InChI is InChI=1S/C36H43N3O5.C35H42N4O5.C34H43N3O5/c1-42-21-5-18-39-32-22-26(8-13-33(32)44-25-35(39)40)24-43-34-23-37-17-14-31(34)29-9-11-30(12-10-29)36(41)38-19-15-28(16-20-38)27-6-3-2-4-7-27;1-42-21-5-16-39-31-22-26(8-13-32(31)44-25-34(39)40)24-43-33-23-36-15-14-30(33)27-9-11-28(12-10-27)35(41)38-19-17-37(18-20-38)29-6-3-2-4-7-29;1-38-18-5-16-36-17-19-40-33-13-8-25(20-31(33)36)24-41-34-21-35-15-14-29(34)26-9-11-27(12-10-26)42-28-22-37(23-28)30-6-3-4-7-32(30)39-2/h2-4,6-13,22,28,31,34,37H,5,14-21,23-25H2,1H3;2-4,6-13,22,30,33,36H,5,14-21,23-25H2,1H3;3-4,6-13,20,28-29,34-35H,5,14-19,21-24H2,1-2H3/t31-,34+;30-,33+;29-,34+/m111/s1. The van der Waals surface area contributed by atoms with E-state index in [9.17, 15) is 19.2 Å². The molecule has 0 unspecified atom stereocenters. The SMILES string of the molecule is COCCCN1C(=O)COc2ccc(CO[C@H]3CNCC[C@@H]3c3ccc(C(=O)N4CCC(c5ccccc5)CC4)cc3)cc21.COCCCN1C(=O)COc2ccc(CO[C@H]3CNCC[C@@H]3c3ccc(C(=O)N4CCN(c5ccccc5)CC4)cc3)cc21.COCCCN1CCOc2ccc(CO[C@H]3CNCC[C@@H]3c3ccc(OC4CN(c5ccccc5OC)C4)cc3)cc21. The van der Waals surface area contributed by atoms with Gasteiger partial charge in [-0.25, -0.2) is 0 Å². The summed E-state index contributed by atoms with van der Waals surface area (Å²) in [5.41, 5.74) is 14.8. The van der Waals surface area contributed by atoms with Crippen molar-refractivity contribution in [3.8, 4) is 28.7 Å². The number of piperazine rings is 1. The highest BCUT2D eigenvalue weighted by atomic mass is 16.5.